The van der Waals surface area contributed by atoms with Crippen molar-refractivity contribution in [3.63, 3.8) is 0 Å². The molecule has 1 heterocycles. The van der Waals surface area contributed by atoms with Crippen molar-refractivity contribution in [2.45, 2.75) is 0 Å². The summed E-state index contributed by atoms with van der Waals surface area (Å²) in [6.07, 6.45) is 7.28. The molecular weight excluding hydrogens is 148 g/mol. The molecule has 60 valence electrons. The Hall–Kier alpha value is -1.41. The van der Waals surface area contributed by atoms with Crippen LogP contribution >= 0.6 is 0 Å². The van der Waals surface area contributed by atoms with Crippen molar-refractivity contribution < 1.29 is 9.48 Å². The summed E-state index contributed by atoms with van der Waals surface area (Å²) in [4.78, 5) is 1.15. The van der Waals surface area contributed by atoms with Crippen molar-refractivity contribution in [2.75, 3.05) is 7.05 Å². The van der Waals surface area contributed by atoms with E-state index in [4.69, 9.17) is 0 Å². The van der Waals surface area contributed by atoms with Gasteiger partial charge < -0.3 is 4.58 Å². The molecule has 1 aromatic carbocycles. The molecule has 0 fully saturated rings. The molecule has 0 amide bonds. The number of quaternary nitrogens is 1. The molecule has 0 aliphatic carbocycles. The lowest BCUT2D eigenvalue weighted by atomic mass is 10.3. The first kappa shape index (κ1) is 7.25. The van der Waals surface area contributed by atoms with Crippen molar-refractivity contribution in [3.8, 4) is 0 Å². The number of rotatable bonds is 1. The molecule has 12 heavy (non-hydrogen) atoms. The monoisotopic (exact) mass is 159 g/mol. The lowest BCUT2D eigenvalue weighted by Crippen LogP contribution is -3.00. The zero-order chi connectivity index (χ0) is 8.39. The second-order valence-corrected chi connectivity index (χ2v) is 2.82. The lowest BCUT2D eigenvalue weighted by Gasteiger charge is -2.04. The minimum Gasteiger partial charge on any atom is -0.313 e. The van der Waals surface area contributed by atoms with Gasteiger partial charge in [-0.25, -0.2) is 0 Å². The molecule has 2 rings (SSSR count). The maximum atomic E-state index is 3.21. The Labute approximate surface area is 72.1 Å². The van der Waals surface area contributed by atoms with Crippen LogP contribution in [0.25, 0.3) is 0 Å². The summed E-state index contributed by atoms with van der Waals surface area (Å²) in [6.45, 7) is 0. The molecule has 1 aliphatic rings. The zero-order valence-corrected chi connectivity index (χ0v) is 6.99. The van der Waals surface area contributed by atoms with E-state index in [1.807, 2.05) is 36.0 Å². The van der Waals surface area contributed by atoms with Crippen LogP contribution < -0.4 is 4.90 Å². The van der Waals surface area contributed by atoms with Gasteiger partial charge in [0.2, 0.25) is 0 Å². The van der Waals surface area contributed by atoms with Gasteiger partial charge in [-0.15, -0.1) is 0 Å². The topological polar surface area (TPSA) is 7.45 Å². The number of hydrogen-bond acceptors (Lipinski definition) is 0. The summed E-state index contributed by atoms with van der Waals surface area (Å²) in [6, 6.07) is 10.3. The quantitative estimate of drug-likeness (QED) is 0.443. The van der Waals surface area contributed by atoms with Crippen LogP contribution in [0.3, 0.4) is 0 Å². The number of para-hydroxylation sites is 1. The fourth-order valence-corrected chi connectivity index (χ4v) is 1.23. The SMILES string of the molecule is C[N+]1=[C-][NH+](c2ccccc2)C=C1. The molecule has 1 aliphatic heterocycles. The maximum Gasteiger partial charge on any atom is 0.282 e. The number of nitrogens with one attached hydrogen (secondary N) is 1. The van der Waals surface area contributed by atoms with E-state index in [0.29, 0.717) is 0 Å². The minimum absolute atomic E-state index is 1.15. The molecule has 1 aromatic rings. The third-order valence-corrected chi connectivity index (χ3v) is 1.85. The Balaban J connectivity index is 2.29. The van der Waals surface area contributed by atoms with Crippen LogP contribution in [0.15, 0.2) is 42.7 Å². The molecule has 1 unspecified atom stereocenters. The van der Waals surface area contributed by atoms with Crippen molar-refractivity contribution in [3.05, 3.63) is 42.7 Å². The number of benzene rings is 1. The van der Waals surface area contributed by atoms with Gasteiger partial charge in [0.05, 0.1) is 12.4 Å². The van der Waals surface area contributed by atoms with Gasteiger partial charge in [-0.05, 0) is 12.1 Å². The normalized spacial score (nSPS) is 21.1. The van der Waals surface area contributed by atoms with E-state index >= 15 is 0 Å². The third kappa shape index (κ3) is 1.29. The Morgan fingerprint density at radius 3 is 2.58 bits per heavy atom. The van der Waals surface area contributed by atoms with E-state index in [0.717, 1.165) is 4.90 Å². The van der Waals surface area contributed by atoms with Gasteiger partial charge in [0, 0.05) is 0 Å². The standard InChI is InChI=1S/C10H11N2/c1-11-7-8-12(9-11)10-5-3-2-4-6-10/h2-8,12H,1H3/q+1. The van der Waals surface area contributed by atoms with E-state index in [9.17, 15) is 0 Å². The molecule has 0 saturated heterocycles. The average Bonchev–Trinajstić information content (AvgIpc) is 2.54. The summed E-state index contributed by atoms with van der Waals surface area (Å²) in [7, 11) is 1.98. The van der Waals surface area contributed by atoms with Gasteiger partial charge in [-0.1, -0.05) is 18.2 Å². The summed E-state index contributed by atoms with van der Waals surface area (Å²) in [5.41, 5.74) is 1.22. The molecule has 0 saturated carbocycles. The largest absolute Gasteiger partial charge is 0.313 e. The number of nitrogens with zero attached hydrogens (tertiary/aromatic N) is 1. The van der Waals surface area contributed by atoms with E-state index in [2.05, 4.69) is 24.7 Å². The molecule has 0 aromatic heterocycles. The molecule has 2 nitrogen and oxygen atoms in total. The Bertz CT molecular complexity index is 325. The van der Waals surface area contributed by atoms with Crippen LogP contribution in [0.5, 0.6) is 0 Å². The molecule has 1 atom stereocenters. The van der Waals surface area contributed by atoms with Crippen LogP contribution in [-0.4, -0.2) is 18.0 Å². The van der Waals surface area contributed by atoms with Gasteiger partial charge >= 0.3 is 0 Å². The van der Waals surface area contributed by atoms with E-state index in [1.165, 1.54) is 5.69 Å². The molecule has 0 bridgehead atoms. The van der Waals surface area contributed by atoms with E-state index in [1.54, 1.807) is 0 Å². The Morgan fingerprint density at radius 1 is 1.25 bits per heavy atom. The fraction of sp³-hybridized carbons (Fsp3) is 0.100. The number of hydrogen-bond donors (Lipinski definition) is 1. The first-order chi connectivity index (χ1) is 5.86. The van der Waals surface area contributed by atoms with Gasteiger partial charge in [-0.2, -0.15) is 0 Å². The van der Waals surface area contributed by atoms with Crippen molar-refractivity contribution in [1.29, 1.82) is 0 Å². The average molecular weight is 159 g/mol. The highest BCUT2D eigenvalue weighted by Crippen LogP contribution is 1.98. The van der Waals surface area contributed by atoms with Crippen LogP contribution in [0, 0.1) is 0 Å². The summed E-state index contributed by atoms with van der Waals surface area (Å²) < 4.78 is 1.93. The minimum atomic E-state index is 1.15. The van der Waals surface area contributed by atoms with Crippen LogP contribution in [0.4, 0.5) is 5.69 Å². The van der Waals surface area contributed by atoms with Crippen LogP contribution in [-0.2, 0) is 0 Å². The zero-order valence-electron chi connectivity index (χ0n) is 6.99. The molecular formula is C10H11N2+. The highest BCUT2D eigenvalue weighted by atomic mass is 15.2. The van der Waals surface area contributed by atoms with Crippen LogP contribution in [0.1, 0.15) is 0 Å². The third-order valence-electron chi connectivity index (χ3n) is 1.85. The van der Waals surface area contributed by atoms with E-state index < -0.39 is 0 Å². The second kappa shape index (κ2) is 2.91. The van der Waals surface area contributed by atoms with Crippen molar-refractivity contribution >= 4 is 12.0 Å². The van der Waals surface area contributed by atoms with Crippen molar-refractivity contribution in [1.82, 2.24) is 0 Å². The first-order valence-corrected chi connectivity index (χ1v) is 3.96. The van der Waals surface area contributed by atoms with Gasteiger partial charge in [0.15, 0.2) is 0 Å². The van der Waals surface area contributed by atoms with Gasteiger partial charge in [-0.3, -0.25) is 4.90 Å². The predicted molar refractivity (Wildman–Crippen MR) is 47.4 cm³/mol. The smallest absolute Gasteiger partial charge is 0.282 e. The fourth-order valence-electron chi connectivity index (χ4n) is 1.23. The first-order valence-electron chi connectivity index (χ1n) is 3.96. The lowest BCUT2D eigenvalue weighted by molar-refractivity contribution is -0.672. The summed E-state index contributed by atoms with van der Waals surface area (Å²) >= 11 is 0. The molecule has 1 N–H and O–H groups in total. The molecule has 2 heteroatoms. The Kier molecular flexibility index (Phi) is 1.76. The Morgan fingerprint density at radius 2 is 2.00 bits per heavy atom. The van der Waals surface area contributed by atoms with Gasteiger partial charge in [0.25, 0.3) is 6.34 Å². The van der Waals surface area contributed by atoms with Crippen molar-refractivity contribution in [2.24, 2.45) is 0 Å². The maximum absolute atomic E-state index is 3.21. The molecule has 0 spiro atoms. The molecule has 0 radical (unpaired) electrons. The highest BCUT2D eigenvalue weighted by molar-refractivity contribution is 5.47. The highest BCUT2D eigenvalue weighted by Gasteiger charge is 2.08. The summed E-state index contributed by atoms with van der Waals surface area (Å²) in [5, 5.41) is 0. The summed E-state index contributed by atoms with van der Waals surface area (Å²) in [5.74, 6) is 0. The predicted octanol–water partition coefficient (Wildman–Crippen LogP) is 0.235. The van der Waals surface area contributed by atoms with Gasteiger partial charge in [0.1, 0.15) is 12.7 Å². The van der Waals surface area contributed by atoms with E-state index in [-0.39, 0.29) is 0 Å². The second-order valence-electron chi connectivity index (χ2n) is 2.82. The van der Waals surface area contributed by atoms with Crippen LogP contribution in [0.2, 0.25) is 0 Å².